The highest BCUT2D eigenvalue weighted by atomic mass is 15.2. The number of nitrogens with zero attached hydrogens (tertiary/aromatic N) is 7. The largest absolute Gasteiger partial charge is 0.310 e. The van der Waals surface area contributed by atoms with Crippen molar-refractivity contribution in [1.29, 1.82) is 0 Å². The Hall–Kier alpha value is -17.7. The van der Waals surface area contributed by atoms with Crippen molar-refractivity contribution >= 4 is 166 Å². The zero-order valence-corrected chi connectivity index (χ0v) is 79.7. The molecule has 0 spiro atoms. The van der Waals surface area contributed by atoms with E-state index in [4.69, 9.17) is 0 Å². The van der Waals surface area contributed by atoms with Crippen molar-refractivity contribution in [2.45, 2.75) is 52.4 Å². The quantitative estimate of drug-likeness (QED) is 0.108. The number of aromatic nitrogens is 5. The van der Waals surface area contributed by atoms with E-state index < -0.39 is 6.71 Å². The van der Waals surface area contributed by atoms with Crippen molar-refractivity contribution in [2.75, 3.05) is 9.80 Å². The lowest BCUT2D eigenvalue weighted by Crippen LogP contribution is -2.61. The minimum Gasteiger partial charge on any atom is -0.310 e. The van der Waals surface area contributed by atoms with Gasteiger partial charge in [0, 0.05) is 144 Å². The van der Waals surface area contributed by atoms with Crippen LogP contribution in [0.1, 0.15) is 52.7 Å². The van der Waals surface area contributed by atoms with Crippen molar-refractivity contribution in [3.8, 4) is 95.2 Å². The molecule has 21 aromatic carbocycles. The average molecular weight is 1820 g/mol. The number of hydrogen-bond donors (Lipinski definition) is 0. The molecule has 0 saturated carbocycles. The monoisotopic (exact) mass is 1810 g/mol. The van der Waals surface area contributed by atoms with Gasteiger partial charge in [-0.2, -0.15) is 0 Å². The predicted molar refractivity (Wildman–Crippen MR) is 602 cm³/mol. The second kappa shape index (κ2) is 31.9. The lowest BCUT2D eigenvalue weighted by molar-refractivity contribution is 0.590. The van der Waals surface area contributed by atoms with Crippen LogP contribution in [-0.2, 0) is 10.8 Å². The molecule has 0 bridgehead atoms. The first kappa shape index (κ1) is 82.5. The molecule has 0 aliphatic carbocycles. The smallest absolute Gasteiger partial charge is 0.252 e. The van der Waals surface area contributed by atoms with Gasteiger partial charge < -0.3 is 32.6 Å². The fourth-order valence-electron chi connectivity index (χ4n) is 24.2. The highest BCUT2D eigenvalue weighted by Crippen LogP contribution is 2.59. The molecule has 8 heteroatoms. The molecule has 0 atom stereocenters. The standard InChI is InChI=1S/C134H96BN7/c1-133(2,3)89-73-77-120-112(81-89)113-82-90(134(4,5)6)74-78-121(113)136(120)95-83-124-126-125(84-95)142(132-110(106-61-35-57-102-98-53-27-31-69-118(98)139(129(102)106)93-47-21-11-22-48-93)65-38-66-111(132)107-62-36-58-103-99-54-28-32-70-119(99)140(130(103)107)94-49-23-12-24-50-94)123-80-88(86-41-15-8-16-42-86)72-76-115(123)135(126)114-75-71-87(85-39-13-7-14-40-85)79-122(114)141(124)131-108(104-59-33-55-100-96-51-25-29-67-116(96)137(127(100)104)91-43-17-9-18-44-91)63-37-64-109(131)105-60-34-56-101-97-52-26-30-68-117(97)138(128(101)105)92-45-19-10-20-46-92/h7-84H,1-6H3. The van der Waals surface area contributed by atoms with Gasteiger partial charge in [0.1, 0.15) is 0 Å². The zero-order valence-electron chi connectivity index (χ0n) is 79.7. The maximum atomic E-state index is 2.80. The van der Waals surface area contributed by atoms with Crippen LogP contribution in [0.2, 0.25) is 0 Å². The van der Waals surface area contributed by atoms with Gasteiger partial charge in [0.2, 0.25) is 0 Å². The fraction of sp³-hybridized carbons (Fsp3) is 0.0597. The number of para-hydroxylation sites is 14. The summed E-state index contributed by atoms with van der Waals surface area (Å²) in [7, 11) is 0. The molecule has 2 aliphatic heterocycles. The van der Waals surface area contributed by atoms with Gasteiger partial charge in [-0.25, -0.2) is 0 Å². The van der Waals surface area contributed by atoms with Gasteiger partial charge in [-0.1, -0.05) is 393 Å². The number of rotatable bonds is 13. The molecule has 0 radical (unpaired) electrons. The van der Waals surface area contributed by atoms with Gasteiger partial charge >= 0.3 is 0 Å². The summed E-state index contributed by atoms with van der Waals surface area (Å²) in [5.74, 6) is 0. The molecule has 142 heavy (non-hydrogen) atoms. The Labute approximate surface area is 824 Å². The van der Waals surface area contributed by atoms with E-state index in [1.165, 1.54) is 54.4 Å². The van der Waals surface area contributed by atoms with Crippen LogP contribution in [0.25, 0.3) is 204 Å². The van der Waals surface area contributed by atoms with Gasteiger partial charge in [-0.05, 0) is 182 Å². The first-order chi connectivity index (χ1) is 69.8. The van der Waals surface area contributed by atoms with Crippen LogP contribution >= 0.6 is 0 Å². The van der Waals surface area contributed by atoms with Gasteiger partial charge in [0.25, 0.3) is 6.71 Å². The third-order valence-electron chi connectivity index (χ3n) is 30.5. The van der Waals surface area contributed by atoms with Gasteiger partial charge in [-0.15, -0.1) is 0 Å². The third kappa shape index (κ3) is 12.6. The van der Waals surface area contributed by atoms with Crippen molar-refractivity contribution in [1.82, 2.24) is 22.8 Å². The number of anilines is 6. The SMILES string of the molecule is CC(C)(C)c1ccc2c(c1)c1cc(C(C)(C)C)ccc1n2-c1cc2c3c(c1)N(c1c(-c4cccc5c6ccccc6n(-c6ccccc6)c45)cccc1-c1cccc4c5ccccc5n(-c5ccccc5)c14)c1cc(-c4ccccc4)ccc1B3c1ccc(-c3ccccc3)cc1N2c1c(-c2cccc3c4ccccc4n(-c4ccccc4)c23)cccc1-c1cccc2c3ccccc3n(-c3ccccc3)c12. The molecular weight excluding hydrogens is 1720 g/mol. The molecule has 5 aromatic heterocycles. The molecule has 2 aliphatic rings. The molecule has 26 aromatic rings. The van der Waals surface area contributed by atoms with Crippen LogP contribution in [0.4, 0.5) is 34.1 Å². The Kier molecular flexibility index (Phi) is 18.6. The van der Waals surface area contributed by atoms with E-state index >= 15 is 0 Å². The van der Waals surface area contributed by atoms with Crippen LogP contribution in [0.5, 0.6) is 0 Å². The molecule has 0 saturated heterocycles. The van der Waals surface area contributed by atoms with Crippen LogP contribution in [0.3, 0.4) is 0 Å². The van der Waals surface area contributed by atoms with E-state index in [0.29, 0.717) is 0 Å². The Morgan fingerprint density at radius 2 is 0.437 bits per heavy atom. The molecule has 670 valence electrons. The highest BCUT2D eigenvalue weighted by Gasteiger charge is 2.47. The Bertz CT molecular complexity index is 8790. The number of fused-ring (bicyclic) bond motifs is 19. The molecule has 7 nitrogen and oxygen atoms in total. The minimum absolute atomic E-state index is 0.177. The summed E-state index contributed by atoms with van der Waals surface area (Å²) in [4.78, 5) is 5.59. The second-order valence-electron chi connectivity index (χ2n) is 40.5. The summed E-state index contributed by atoms with van der Waals surface area (Å²) in [6.07, 6.45) is 0. The lowest BCUT2D eigenvalue weighted by atomic mass is 9.33. The lowest BCUT2D eigenvalue weighted by Gasteiger charge is -2.46. The summed E-state index contributed by atoms with van der Waals surface area (Å²) in [6.45, 7) is 13.7. The first-order valence-electron chi connectivity index (χ1n) is 49.7. The fourth-order valence-corrected chi connectivity index (χ4v) is 24.2. The van der Waals surface area contributed by atoms with Crippen LogP contribution in [-0.4, -0.2) is 29.5 Å². The summed E-state index contributed by atoms with van der Waals surface area (Å²) >= 11 is 0. The predicted octanol–water partition coefficient (Wildman–Crippen LogP) is 33.9. The van der Waals surface area contributed by atoms with E-state index in [1.54, 1.807) is 0 Å². The van der Waals surface area contributed by atoms with Crippen molar-refractivity contribution in [3.05, 3.63) is 484 Å². The molecule has 0 amide bonds. The van der Waals surface area contributed by atoms with Crippen LogP contribution < -0.4 is 26.2 Å². The first-order valence-corrected chi connectivity index (χ1v) is 49.7. The van der Waals surface area contributed by atoms with E-state index in [0.717, 1.165) is 211 Å². The Morgan fingerprint density at radius 1 is 0.176 bits per heavy atom. The van der Waals surface area contributed by atoms with Gasteiger partial charge in [0.05, 0.1) is 72.2 Å². The molecular formula is C134H96BN7. The van der Waals surface area contributed by atoms with Gasteiger partial charge in [0.15, 0.2) is 0 Å². The van der Waals surface area contributed by atoms with Gasteiger partial charge in [-0.3, -0.25) is 0 Å². The number of hydrogen-bond acceptors (Lipinski definition) is 2. The number of benzene rings is 21. The van der Waals surface area contributed by atoms with Crippen molar-refractivity contribution < 1.29 is 0 Å². The third-order valence-corrected chi connectivity index (χ3v) is 30.5. The topological polar surface area (TPSA) is 31.1 Å². The average Bonchev–Trinajstić information content (AvgIpc) is 1.10. The molecule has 0 N–H and O–H groups in total. The highest BCUT2D eigenvalue weighted by molar-refractivity contribution is 7.00. The maximum absolute atomic E-state index is 2.80. The zero-order chi connectivity index (χ0) is 94.5. The van der Waals surface area contributed by atoms with E-state index in [1.807, 2.05) is 0 Å². The van der Waals surface area contributed by atoms with E-state index in [-0.39, 0.29) is 10.8 Å². The van der Waals surface area contributed by atoms with Crippen LogP contribution in [0, 0.1) is 0 Å². The van der Waals surface area contributed by atoms with Crippen molar-refractivity contribution in [3.63, 3.8) is 0 Å². The normalized spacial score (nSPS) is 12.7. The second-order valence-corrected chi connectivity index (χ2v) is 40.5. The van der Waals surface area contributed by atoms with Crippen molar-refractivity contribution in [2.24, 2.45) is 0 Å². The molecule has 0 unspecified atom stereocenters. The summed E-state index contributed by atoms with van der Waals surface area (Å²) in [5.41, 5.74) is 41.6. The van der Waals surface area contributed by atoms with E-state index in [2.05, 4.69) is 547 Å². The molecule has 7 heterocycles. The Morgan fingerprint density at radius 3 is 0.739 bits per heavy atom. The maximum Gasteiger partial charge on any atom is 0.252 e. The summed E-state index contributed by atoms with van der Waals surface area (Å²) < 4.78 is 12.8. The molecule has 28 rings (SSSR count). The summed E-state index contributed by atoms with van der Waals surface area (Å²) in [6, 6.07) is 180. The van der Waals surface area contributed by atoms with E-state index in [9.17, 15) is 0 Å². The van der Waals surface area contributed by atoms with Crippen LogP contribution in [0.15, 0.2) is 473 Å². The summed E-state index contributed by atoms with van der Waals surface area (Å²) in [5, 5.41) is 11.8. The molecule has 0 fully saturated rings. The Balaban J connectivity index is 0.858. The minimum atomic E-state index is -0.402.